The highest BCUT2D eigenvalue weighted by Crippen LogP contribution is 2.14. The first-order valence-electron chi connectivity index (χ1n) is 6.49. The number of nitrogens with zero attached hydrogens (tertiary/aromatic N) is 2. The number of aliphatic hydroxyl groups excluding tert-OH is 1. The summed E-state index contributed by atoms with van der Waals surface area (Å²) in [5.41, 5.74) is 1.36. The molecule has 0 bridgehead atoms. The Balaban J connectivity index is 2.99. The maximum Gasteiger partial charge on any atom is 0.256 e. The second-order valence-corrected chi connectivity index (χ2v) is 4.33. The van der Waals surface area contributed by atoms with Gasteiger partial charge in [0.15, 0.2) is 0 Å². The van der Waals surface area contributed by atoms with Gasteiger partial charge in [-0.25, -0.2) is 0 Å². The molecule has 0 saturated heterocycles. The second-order valence-electron chi connectivity index (χ2n) is 4.33. The van der Waals surface area contributed by atoms with Crippen molar-refractivity contribution >= 4 is 5.91 Å². The smallest absolute Gasteiger partial charge is 0.256 e. The number of aryl methyl sites for hydroxylation is 1. The van der Waals surface area contributed by atoms with Gasteiger partial charge in [-0.15, -0.1) is 0 Å². The summed E-state index contributed by atoms with van der Waals surface area (Å²) in [6, 6.07) is 3.73. The Labute approximate surface area is 109 Å². The van der Waals surface area contributed by atoms with Crippen molar-refractivity contribution in [2.45, 2.75) is 39.7 Å². The summed E-state index contributed by atoms with van der Waals surface area (Å²) in [5, 5.41) is 9.13. The SMILES string of the molecule is CCC(CC)N(CCO)C(=O)c1cccnc1C. The maximum atomic E-state index is 12.5. The monoisotopic (exact) mass is 250 g/mol. The molecule has 0 aliphatic rings. The number of hydrogen-bond donors (Lipinski definition) is 1. The lowest BCUT2D eigenvalue weighted by Gasteiger charge is -2.30. The van der Waals surface area contributed by atoms with Crippen LogP contribution in [0, 0.1) is 6.92 Å². The molecule has 0 aliphatic carbocycles. The molecule has 1 amide bonds. The first-order valence-corrected chi connectivity index (χ1v) is 6.49. The molecule has 4 heteroatoms. The Kier molecular flexibility index (Phi) is 5.78. The van der Waals surface area contributed by atoms with Gasteiger partial charge in [0.1, 0.15) is 0 Å². The fraction of sp³-hybridized carbons (Fsp3) is 0.571. The molecule has 0 aliphatic heterocycles. The number of hydrogen-bond acceptors (Lipinski definition) is 3. The fourth-order valence-corrected chi connectivity index (χ4v) is 2.15. The Bertz CT molecular complexity index is 389. The molecule has 4 nitrogen and oxygen atoms in total. The fourth-order valence-electron chi connectivity index (χ4n) is 2.15. The molecule has 0 atom stereocenters. The molecular weight excluding hydrogens is 228 g/mol. The molecule has 1 N–H and O–H groups in total. The van der Waals surface area contributed by atoms with E-state index in [2.05, 4.69) is 18.8 Å². The van der Waals surface area contributed by atoms with E-state index in [9.17, 15) is 4.79 Å². The van der Waals surface area contributed by atoms with E-state index in [0.29, 0.717) is 12.1 Å². The molecule has 1 heterocycles. The van der Waals surface area contributed by atoms with Crippen molar-refractivity contribution in [3.63, 3.8) is 0 Å². The van der Waals surface area contributed by atoms with E-state index < -0.39 is 0 Å². The van der Waals surface area contributed by atoms with Crippen LogP contribution in [-0.4, -0.2) is 40.1 Å². The van der Waals surface area contributed by atoms with E-state index >= 15 is 0 Å². The van der Waals surface area contributed by atoms with Gasteiger partial charge in [-0.05, 0) is 31.9 Å². The number of pyridine rings is 1. The Hall–Kier alpha value is -1.42. The van der Waals surface area contributed by atoms with Gasteiger partial charge in [0.25, 0.3) is 5.91 Å². The third kappa shape index (κ3) is 3.29. The largest absolute Gasteiger partial charge is 0.395 e. The minimum absolute atomic E-state index is 0.0124. The van der Waals surface area contributed by atoms with E-state index in [0.717, 1.165) is 18.5 Å². The third-order valence-electron chi connectivity index (χ3n) is 3.22. The van der Waals surface area contributed by atoms with Crippen LogP contribution in [0.3, 0.4) is 0 Å². The highest BCUT2D eigenvalue weighted by molar-refractivity contribution is 5.95. The standard InChI is InChI=1S/C14H22N2O2/c1-4-12(5-2)16(9-10-17)14(18)13-7-6-8-15-11(13)3/h6-8,12,17H,4-5,9-10H2,1-3H3. The molecule has 0 radical (unpaired) electrons. The van der Waals surface area contributed by atoms with Crippen LogP contribution >= 0.6 is 0 Å². The number of amides is 1. The van der Waals surface area contributed by atoms with Gasteiger partial charge in [0.05, 0.1) is 12.2 Å². The minimum atomic E-state index is -0.0386. The summed E-state index contributed by atoms with van der Waals surface area (Å²) in [7, 11) is 0. The number of aliphatic hydroxyl groups is 1. The van der Waals surface area contributed by atoms with E-state index in [-0.39, 0.29) is 18.6 Å². The zero-order valence-electron chi connectivity index (χ0n) is 11.4. The van der Waals surface area contributed by atoms with E-state index in [1.807, 2.05) is 6.92 Å². The Morgan fingerprint density at radius 1 is 1.44 bits per heavy atom. The number of aromatic nitrogens is 1. The average molecular weight is 250 g/mol. The summed E-state index contributed by atoms with van der Waals surface area (Å²) in [5.74, 6) is -0.0386. The molecule has 1 aromatic rings. The predicted molar refractivity (Wildman–Crippen MR) is 71.5 cm³/mol. The molecule has 0 spiro atoms. The second kappa shape index (κ2) is 7.11. The topological polar surface area (TPSA) is 53.4 Å². The van der Waals surface area contributed by atoms with Gasteiger partial charge < -0.3 is 10.0 Å². The van der Waals surface area contributed by atoms with Gasteiger partial charge >= 0.3 is 0 Å². The molecule has 1 aromatic heterocycles. The first kappa shape index (κ1) is 14.6. The van der Waals surface area contributed by atoms with E-state index in [1.54, 1.807) is 23.2 Å². The van der Waals surface area contributed by atoms with E-state index in [1.165, 1.54) is 0 Å². The quantitative estimate of drug-likeness (QED) is 0.840. The van der Waals surface area contributed by atoms with Crippen molar-refractivity contribution in [2.24, 2.45) is 0 Å². The van der Waals surface area contributed by atoms with Crippen LogP contribution in [0.5, 0.6) is 0 Å². The van der Waals surface area contributed by atoms with Crippen LogP contribution in [0.2, 0.25) is 0 Å². The normalized spacial score (nSPS) is 10.7. The molecule has 1 rings (SSSR count). The summed E-state index contributed by atoms with van der Waals surface area (Å²) in [4.78, 5) is 18.4. The average Bonchev–Trinajstić information content (AvgIpc) is 2.39. The lowest BCUT2D eigenvalue weighted by molar-refractivity contribution is 0.0621. The van der Waals surface area contributed by atoms with Gasteiger partial charge in [-0.3, -0.25) is 9.78 Å². The zero-order chi connectivity index (χ0) is 13.5. The van der Waals surface area contributed by atoms with Crippen LogP contribution in [0.1, 0.15) is 42.7 Å². The molecule has 100 valence electrons. The number of carbonyl (C=O) groups excluding carboxylic acids is 1. The molecule has 0 saturated carbocycles. The van der Waals surface area contributed by atoms with Crippen molar-refractivity contribution in [2.75, 3.05) is 13.2 Å². The summed E-state index contributed by atoms with van der Waals surface area (Å²) < 4.78 is 0. The number of rotatable bonds is 6. The van der Waals surface area contributed by atoms with Crippen molar-refractivity contribution in [1.82, 2.24) is 9.88 Å². The molecule has 0 aromatic carbocycles. The lowest BCUT2D eigenvalue weighted by atomic mass is 10.1. The highest BCUT2D eigenvalue weighted by atomic mass is 16.3. The molecule has 18 heavy (non-hydrogen) atoms. The molecule has 0 fully saturated rings. The van der Waals surface area contributed by atoms with Crippen molar-refractivity contribution < 1.29 is 9.90 Å². The van der Waals surface area contributed by atoms with Crippen LogP contribution < -0.4 is 0 Å². The Morgan fingerprint density at radius 2 is 2.11 bits per heavy atom. The van der Waals surface area contributed by atoms with Crippen molar-refractivity contribution in [3.8, 4) is 0 Å². The first-order chi connectivity index (χ1) is 8.65. The predicted octanol–water partition coefficient (Wildman–Crippen LogP) is 2.01. The summed E-state index contributed by atoms with van der Waals surface area (Å²) in [6.07, 6.45) is 3.46. The van der Waals surface area contributed by atoms with Crippen LogP contribution in [0.15, 0.2) is 18.3 Å². The van der Waals surface area contributed by atoms with Crippen LogP contribution in [0.25, 0.3) is 0 Å². The third-order valence-corrected chi connectivity index (χ3v) is 3.22. The lowest BCUT2D eigenvalue weighted by Crippen LogP contribution is -2.41. The van der Waals surface area contributed by atoms with Crippen LogP contribution in [0.4, 0.5) is 0 Å². The van der Waals surface area contributed by atoms with Gasteiger partial charge in [0, 0.05) is 24.5 Å². The molecule has 0 unspecified atom stereocenters. The van der Waals surface area contributed by atoms with Crippen LogP contribution in [-0.2, 0) is 0 Å². The number of carbonyl (C=O) groups is 1. The van der Waals surface area contributed by atoms with Crippen molar-refractivity contribution in [3.05, 3.63) is 29.6 Å². The van der Waals surface area contributed by atoms with Gasteiger partial charge in [-0.1, -0.05) is 13.8 Å². The summed E-state index contributed by atoms with van der Waals surface area (Å²) >= 11 is 0. The van der Waals surface area contributed by atoms with Crippen molar-refractivity contribution in [1.29, 1.82) is 0 Å². The Morgan fingerprint density at radius 3 is 2.61 bits per heavy atom. The summed E-state index contributed by atoms with van der Waals surface area (Å²) in [6.45, 7) is 6.31. The minimum Gasteiger partial charge on any atom is -0.395 e. The van der Waals surface area contributed by atoms with Gasteiger partial charge in [-0.2, -0.15) is 0 Å². The molecular formula is C14H22N2O2. The zero-order valence-corrected chi connectivity index (χ0v) is 11.4. The highest BCUT2D eigenvalue weighted by Gasteiger charge is 2.23. The van der Waals surface area contributed by atoms with Gasteiger partial charge in [0.2, 0.25) is 0 Å². The van der Waals surface area contributed by atoms with E-state index in [4.69, 9.17) is 5.11 Å². The maximum absolute atomic E-state index is 12.5.